The van der Waals surface area contributed by atoms with Gasteiger partial charge in [0.2, 0.25) is 11.6 Å². The van der Waals surface area contributed by atoms with Crippen molar-refractivity contribution < 1.29 is 19.1 Å². The summed E-state index contributed by atoms with van der Waals surface area (Å²) in [5.74, 6) is -0.128. The van der Waals surface area contributed by atoms with E-state index in [1.54, 1.807) is 13.0 Å². The highest BCUT2D eigenvalue weighted by molar-refractivity contribution is 7.09. The molecule has 0 aliphatic rings. The highest BCUT2D eigenvalue weighted by Gasteiger charge is 2.16. The van der Waals surface area contributed by atoms with E-state index in [2.05, 4.69) is 4.37 Å². The molecule has 0 atom stereocenters. The van der Waals surface area contributed by atoms with Crippen molar-refractivity contribution in [1.82, 2.24) is 4.37 Å². The Bertz CT molecular complexity index is 529. The number of hydrogen-bond acceptors (Lipinski definition) is 5. The van der Waals surface area contributed by atoms with E-state index < -0.39 is 5.97 Å². The van der Waals surface area contributed by atoms with Crippen molar-refractivity contribution in [2.45, 2.75) is 6.92 Å². The maximum atomic E-state index is 10.7. The lowest BCUT2D eigenvalue weighted by atomic mass is 10.2. The zero-order valence-corrected chi connectivity index (χ0v) is 9.50. The fourth-order valence-corrected chi connectivity index (χ4v) is 2.05. The summed E-state index contributed by atoms with van der Waals surface area (Å²) in [5, 5.41) is 8.79. The number of methoxy groups -OCH3 is 1. The van der Waals surface area contributed by atoms with E-state index >= 15 is 0 Å². The number of ether oxygens (including phenoxy) is 1. The summed E-state index contributed by atoms with van der Waals surface area (Å²) >= 11 is 1.20. The number of furan rings is 1. The van der Waals surface area contributed by atoms with Gasteiger partial charge in [0.05, 0.1) is 12.0 Å². The molecule has 0 spiro atoms. The molecule has 2 rings (SSSR count). The first-order valence-electron chi connectivity index (χ1n) is 4.46. The third-order valence-corrected chi connectivity index (χ3v) is 2.82. The van der Waals surface area contributed by atoms with Crippen molar-refractivity contribution in [2.75, 3.05) is 7.11 Å². The number of carboxylic acids is 1. The molecule has 0 unspecified atom stereocenters. The molecule has 0 radical (unpaired) electrons. The number of hydrogen-bond donors (Lipinski definition) is 1. The van der Waals surface area contributed by atoms with E-state index in [4.69, 9.17) is 14.3 Å². The van der Waals surface area contributed by atoms with Gasteiger partial charge < -0.3 is 14.3 Å². The van der Waals surface area contributed by atoms with Crippen molar-refractivity contribution >= 4 is 17.5 Å². The van der Waals surface area contributed by atoms with Gasteiger partial charge in [-0.3, -0.25) is 0 Å². The molecule has 0 fully saturated rings. The number of rotatable bonds is 3. The zero-order chi connectivity index (χ0) is 11.7. The van der Waals surface area contributed by atoms with Gasteiger partial charge >= 0.3 is 5.97 Å². The average molecular weight is 239 g/mol. The predicted molar refractivity (Wildman–Crippen MR) is 58.1 cm³/mol. The average Bonchev–Trinajstić information content (AvgIpc) is 2.83. The van der Waals surface area contributed by atoms with Crippen LogP contribution >= 0.6 is 11.5 Å². The van der Waals surface area contributed by atoms with Gasteiger partial charge in [-0.15, -0.1) is 0 Å². The molecule has 16 heavy (non-hydrogen) atoms. The standard InChI is InChI=1S/C10H9NO4S/c1-5-3-6(10(12)13)15-9(5)7-4-8(14-2)11-16-7/h3-4H,1-2H3,(H,12,13). The zero-order valence-electron chi connectivity index (χ0n) is 8.68. The van der Waals surface area contributed by atoms with Crippen LogP contribution in [0.2, 0.25) is 0 Å². The van der Waals surface area contributed by atoms with E-state index in [-0.39, 0.29) is 5.76 Å². The molecule has 6 heteroatoms. The van der Waals surface area contributed by atoms with E-state index in [1.165, 1.54) is 24.7 Å². The quantitative estimate of drug-likeness (QED) is 0.890. The second kappa shape index (κ2) is 3.97. The summed E-state index contributed by atoms with van der Waals surface area (Å²) in [4.78, 5) is 11.5. The first kappa shape index (κ1) is 10.7. The van der Waals surface area contributed by atoms with E-state index in [0.717, 1.165) is 10.4 Å². The van der Waals surface area contributed by atoms with Crippen LogP contribution in [-0.2, 0) is 0 Å². The van der Waals surface area contributed by atoms with Gasteiger partial charge in [-0.25, -0.2) is 4.79 Å². The maximum Gasteiger partial charge on any atom is 0.371 e. The first-order valence-corrected chi connectivity index (χ1v) is 5.24. The topological polar surface area (TPSA) is 72.6 Å². The number of nitrogens with zero attached hydrogens (tertiary/aromatic N) is 1. The Labute approximate surface area is 95.4 Å². The molecular formula is C10H9NO4S. The Morgan fingerprint density at radius 3 is 2.81 bits per heavy atom. The molecule has 0 aliphatic heterocycles. The summed E-state index contributed by atoms with van der Waals surface area (Å²) in [7, 11) is 1.52. The second-order valence-corrected chi connectivity index (χ2v) is 3.97. The summed E-state index contributed by atoms with van der Waals surface area (Å²) in [6.07, 6.45) is 0. The molecule has 1 N–H and O–H groups in total. The SMILES string of the molecule is COc1cc(-c2oc(C(=O)O)cc2C)sn1. The fourth-order valence-electron chi connectivity index (χ4n) is 1.29. The van der Waals surface area contributed by atoms with Crippen molar-refractivity contribution in [3.63, 3.8) is 0 Å². The largest absolute Gasteiger partial charge is 0.480 e. The molecule has 84 valence electrons. The van der Waals surface area contributed by atoms with Gasteiger partial charge in [0.1, 0.15) is 5.76 Å². The van der Waals surface area contributed by atoms with Gasteiger partial charge in [0, 0.05) is 6.07 Å². The normalized spacial score (nSPS) is 10.4. The smallest absolute Gasteiger partial charge is 0.371 e. The van der Waals surface area contributed by atoms with Crippen LogP contribution < -0.4 is 4.74 Å². The van der Waals surface area contributed by atoms with Crippen LogP contribution in [0.1, 0.15) is 16.1 Å². The van der Waals surface area contributed by atoms with Gasteiger partial charge in [-0.2, -0.15) is 4.37 Å². The van der Waals surface area contributed by atoms with Crippen LogP contribution in [-0.4, -0.2) is 22.6 Å². The lowest BCUT2D eigenvalue weighted by Crippen LogP contribution is -1.91. The minimum absolute atomic E-state index is 0.0696. The highest BCUT2D eigenvalue weighted by Crippen LogP contribution is 2.32. The van der Waals surface area contributed by atoms with Gasteiger partial charge in [-0.05, 0) is 30.1 Å². The van der Waals surface area contributed by atoms with E-state index in [1.807, 2.05) is 0 Å². The number of aromatic nitrogens is 1. The van der Waals surface area contributed by atoms with Crippen molar-refractivity contribution in [3.8, 4) is 16.5 Å². The Balaban J connectivity index is 2.43. The van der Waals surface area contributed by atoms with Crippen molar-refractivity contribution in [3.05, 3.63) is 23.5 Å². The van der Waals surface area contributed by atoms with E-state index in [0.29, 0.717) is 11.6 Å². The summed E-state index contributed by atoms with van der Waals surface area (Å²) in [6.45, 7) is 1.79. The third kappa shape index (κ3) is 1.79. The Morgan fingerprint density at radius 2 is 2.31 bits per heavy atom. The van der Waals surface area contributed by atoms with Gasteiger partial charge in [0.15, 0.2) is 0 Å². The number of carboxylic acid groups (broad SMARTS) is 1. The van der Waals surface area contributed by atoms with Gasteiger partial charge in [-0.1, -0.05) is 0 Å². The lowest BCUT2D eigenvalue weighted by molar-refractivity contribution is 0.0663. The van der Waals surface area contributed by atoms with Crippen LogP contribution in [0.15, 0.2) is 16.5 Å². The third-order valence-electron chi connectivity index (χ3n) is 2.05. The molecule has 0 aliphatic carbocycles. The summed E-state index contributed by atoms with van der Waals surface area (Å²) in [5.41, 5.74) is 0.767. The molecule has 0 amide bonds. The molecular weight excluding hydrogens is 230 g/mol. The Morgan fingerprint density at radius 1 is 1.56 bits per heavy atom. The van der Waals surface area contributed by atoms with E-state index in [9.17, 15) is 4.79 Å². The van der Waals surface area contributed by atoms with Crippen LogP contribution in [0.4, 0.5) is 0 Å². The molecule has 0 saturated carbocycles. The highest BCUT2D eigenvalue weighted by atomic mass is 32.1. The molecule has 2 aromatic heterocycles. The number of aromatic carboxylic acids is 1. The molecule has 0 saturated heterocycles. The number of carbonyl (C=O) groups is 1. The minimum atomic E-state index is -1.08. The maximum absolute atomic E-state index is 10.7. The molecule has 2 aromatic rings. The van der Waals surface area contributed by atoms with Crippen LogP contribution in [0.3, 0.4) is 0 Å². The van der Waals surface area contributed by atoms with Crippen LogP contribution in [0, 0.1) is 6.92 Å². The Kier molecular flexibility index (Phi) is 2.66. The van der Waals surface area contributed by atoms with Crippen molar-refractivity contribution in [2.24, 2.45) is 0 Å². The summed E-state index contributed by atoms with van der Waals surface area (Å²) in [6, 6.07) is 3.20. The monoisotopic (exact) mass is 239 g/mol. The predicted octanol–water partition coefficient (Wildman–Crippen LogP) is 2.42. The molecule has 2 heterocycles. The fraction of sp³-hybridized carbons (Fsp3) is 0.200. The summed E-state index contributed by atoms with van der Waals surface area (Å²) < 4.78 is 14.2. The van der Waals surface area contributed by atoms with Crippen LogP contribution in [0.5, 0.6) is 5.88 Å². The lowest BCUT2D eigenvalue weighted by Gasteiger charge is -1.91. The van der Waals surface area contributed by atoms with Crippen molar-refractivity contribution in [1.29, 1.82) is 0 Å². The van der Waals surface area contributed by atoms with Crippen LogP contribution in [0.25, 0.3) is 10.6 Å². The second-order valence-electron chi connectivity index (χ2n) is 3.16. The molecule has 0 aromatic carbocycles. The number of aryl methyl sites for hydroxylation is 1. The first-order chi connectivity index (χ1) is 7.61. The minimum Gasteiger partial charge on any atom is -0.480 e. The Hall–Kier alpha value is -1.82. The van der Waals surface area contributed by atoms with Gasteiger partial charge in [0.25, 0.3) is 0 Å². The molecule has 5 nitrogen and oxygen atoms in total. The molecule has 0 bridgehead atoms.